The number of thiazole rings is 1. The number of rotatable bonds is 2. The number of benzene rings is 1. The SMILES string of the molecule is CNC(=O)C1CN(c2nc3c(C)ccc(Cl)c3s2)C1. The molecular formula is C13H14ClN3OS. The third-order valence-corrected chi connectivity index (χ3v) is 5.03. The van der Waals surface area contributed by atoms with Crippen LogP contribution < -0.4 is 10.2 Å². The number of hydrogen-bond acceptors (Lipinski definition) is 4. The lowest BCUT2D eigenvalue weighted by atomic mass is 10.0. The van der Waals surface area contributed by atoms with Crippen LogP contribution in [0.1, 0.15) is 5.56 Å². The van der Waals surface area contributed by atoms with Crippen LogP contribution in [0.4, 0.5) is 5.13 Å². The van der Waals surface area contributed by atoms with Crippen molar-refractivity contribution in [1.29, 1.82) is 0 Å². The number of carbonyl (C=O) groups excluding carboxylic acids is 1. The summed E-state index contributed by atoms with van der Waals surface area (Å²) in [5, 5.41) is 4.37. The van der Waals surface area contributed by atoms with E-state index in [1.165, 1.54) is 0 Å². The van der Waals surface area contributed by atoms with Crippen molar-refractivity contribution in [2.24, 2.45) is 5.92 Å². The van der Waals surface area contributed by atoms with Crippen LogP contribution in [0.5, 0.6) is 0 Å². The number of amides is 1. The van der Waals surface area contributed by atoms with Gasteiger partial charge in [0.05, 0.1) is 21.2 Å². The molecule has 3 rings (SSSR count). The van der Waals surface area contributed by atoms with E-state index in [1.54, 1.807) is 18.4 Å². The van der Waals surface area contributed by atoms with Crippen molar-refractivity contribution in [3.05, 3.63) is 22.7 Å². The molecule has 4 nitrogen and oxygen atoms in total. The third-order valence-electron chi connectivity index (χ3n) is 3.46. The van der Waals surface area contributed by atoms with Gasteiger partial charge < -0.3 is 10.2 Å². The Bertz CT molecular complexity index is 610. The highest BCUT2D eigenvalue weighted by Crippen LogP contribution is 2.37. The van der Waals surface area contributed by atoms with Gasteiger partial charge in [0.25, 0.3) is 0 Å². The molecule has 2 heterocycles. The highest BCUT2D eigenvalue weighted by molar-refractivity contribution is 7.22. The van der Waals surface area contributed by atoms with Crippen molar-refractivity contribution in [3.8, 4) is 0 Å². The number of anilines is 1. The van der Waals surface area contributed by atoms with Crippen LogP contribution in [0.3, 0.4) is 0 Å². The molecule has 1 aliphatic heterocycles. The highest BCUT2D eigenvalue weighted by Gasteiger charge is 2.33. The summed E-state index contributed by atoms with van der Waals surface area (Å²) >= 11 is 7.79. The van der Waals surface area contributed by atoms with E-state index in [-0.39, 0.29) is 11.8 Å². The Morgan fingerprint density at radius 2 is 2.26 bits per heavy atom. The maximum absolute atomic E-state index is 11.5. The summed E-state index contributed by atoms with van der Waals surface area (Å²) in [5.41, 5.74) is 2.10. The quantitative estimate of drug-likeness (QED) is 0.925. The fourth-order valence-corrected chi connectivity index (χ4v) is 3.57. The molecule has 1 aromatic heterocycles. The van der Waals surface area contributed by atoms with Crippen LogP contribution >= 0.6 is 22.9 Å². The molecule has 0 atom stereocenters. The molecule has 0 unspecified atom stereocenters. The van der Waals surface area contributed by atoms with E-state index in [4.69, 9.17) is 11.6 Å². The summed E-state index contributed by atoms with van der Waals surface area (Å²) in [4.78, 5) is 18.2. The first-order valence-corrected chi connectivity index (χ1v) is 7.31. The van der Waals surface area contributed by atoms with Gasteiger partial charge in [-0.2, -0.15) is 0 Å². The van der Waals surface area contributed by atoms with Crippen molar-refractivity contribution in [1.82, 2.24) is 10.3 Å². The Morgan fingerprint density at radius 1 is 1.53 bits per heavy atom. The van der Waals surface area contributed by atoms with Gasteiger partial charge in [0, 0.05) is 20.1 Å². The topological polar surface area (TPSA) is 45.2 Å². The molecule has 1 fully saturated rings. The first kappa shape index (κ1) is 12.7. The summed E-state index contributed by atoms with van der Waals surface area (Å²) in [6.07, 6.45) is 0. The number of fused-ring (bicyclic) bond motifs is 1. The minimum atomic E-state index is 0.0774. The predicted molar refractivity (Wildman–Crippen MR) is 79.1 cm³/mol. The molecule has 1 saturated heterocycles. The summed E-state index contributed by atoms with van der Waals surface area (Å²) in [5.74, 6) is 0.181. The van der Waals surface area contributed by atoms with Gasteiger partial charge in [-0.15, -0.1) is 0 Å². The van der Waals surface area contributed by atoms with Gasteiger partial charge in [-0.05, 0) is 18.6 Å². The first-order valence-electron chi connectivity index (χ1n) is 6.12. The maximum atomic E-state index is 11.5. The van der Waals surface area contributed by atoms with Crippen LogP contribution in [0.15, 0.2) is 12.1 Å². The zero-order valence-corrected chi connectivity index (χ0v) is 12.3. The second-order valence-corrected chi connectivity index (χ2v) is 6.14. The number of aromatic nitrogens is 1. The Balaban J connectivity index is 1.86. The fourth-order valence-electron chi connectivity index (χ4n) is 2.23. The number of aryl methyl sites for hydroxylation is 1. The molecule has 19 heavy (non-hydrogen) atoms. The smallest absolute Gasteiger partial charge is 0.226 e. The number of nitrogens with zero attached hydrogens (tertiary/aromatic N) is 2. The summed E-state index contributed by atoms with van der Waals surface area (Å²) in [7, 11) is 1.67. The molecular weight excluding hydrogens is 282 g/mol. The second-order valence-electron chi connectivity index (χ2n) is 4.75. The largest absolute Gasteiger partial charge is 0.359 e. The molecule has 1 aliphatic rings. The van der Waals surface area contributed by atoms with E-state index in [0.29, 0.717) is 0 Å². The summed E-state index contributed by atoms with van der Waals surface area (Å²) in [6.45, 7) is 3.50. The minimum Gasteiger partial charge on any atom is -0.359 e. The van der Waals surface area contributed by atoms with Gasteiger partial charge in [0.2, 0.25) is 5.91 Å². The maximum Gasteiger partial charge on any atom is 0.226 e. The zero-order valence-electron chi connectivity index (χ0n) is 10.7. The fraction of sp³-hybridized carbons (Fsp3) is 0.385. The highest BCUT2D eigenvalue weighted by atomic mass is 35.5. The molecule has 0 radical (unpaired) electrons. The average molecular weight is 296 g/mol. The van der Waals surface area contributed by atoms with E-state index in [2.05, 4.69) is 15.2 Å². The summed E-state index contributed by atoms with van der Waals surface area (Å²) in [6, 6.07) is 3.89. The Morgan fingerprint density at radius 3 is 2.89 bits per heavy atom. The van der Waals surface area contributed by atoms with Crippen LogP contribution in [-0.2, 0) is 4.79 Å². The molecule has 0 spiro atoms. The van der Waals surface area contributed by atoms with Crippen LogP contribution in [0.25, 0.3) is 10.2 Å². The molecule has 2 aromatic rings. The third kappa shape index (κ3) is 2.07. The Labute approximate surface area is 120 Å². The van der Waals surface area contributed by atoms with Crippen molar-refractivity contribution >= 4 is 44.2 Å². The number of carbonyl (C=O) groups is 1. The molecule has 6 heteroatoms. The van der Waals surface area contributed by atoms with E-state index < -0.39 is 0 Å². The second kappa shape index (κ2) is 4.65. The van der Waals surface area contributed by atoms with E-state index in [1.807, 2.05) is 19.1 Å². The number of hydrogen-bond donors (Lipinski definition) is 1. The standard InChI is InChI=1S/C13H14ClN3OS/c1-7-3-4-9(14)11-10(7)16-13(19-11)17-5-8(6-17)12(18)15-2/h3-4,8H,5-6H2,1-2H3,(H,15,18). The van der Waals surface area contributed by atoms with Gasteiger partial charge >= 0.3 is 0 Å². The van der Waals surface area contributed by atoms with Crippen molar-refractivity contribution in [2.75, 3.05) is 25.0 Å². The Hall–Kier alpha value is -1.33. The minimum absolute atomic E-state index is 0.0774. The van der Waals surface area contributed by atoms with Gasteiger partial charge in [0.1, 0.15) is 0 Å². The average Bonchev–Trinajstić information content (AvgIpc) is 2.78. The van der Waals surface area contributed by atoms with Gasteiger partial charge in [-0.3, -0.25) is 4.79 Å². The zero-order chi connectivity index (χ0) is 13.6. The van der Waals surface area contributed by atoms with E-state index >= 15 is 0 Å². The van der Waals surface area contributed by atoms with E-state index in [9.17, 15) is 4.79 Å². The number of nitrogens with one attached hydrogen (secondary N) is 1. The van der Waals surface area contributed by atoms with E-state index in [0.717, 1.165) is 39.0 Å². The van der Waals surface area contributed by atoms with Crippen LogP contribution in [-0.4, -0.2) is 31.0 Å². The molecule has 1 N–H and O–H groups in total. The lowest BCUT2D eigenvalue weighted by Gasteiger charge is -2.37. The van der Waals surface area contributed by atoms with Crippen molar-refractivity contribution in [2.45, 2.75) is 6.92 Å². The lowest BCUT2D eigenvalue weighted by Crippen LogP contribution is -2.53. The number of halogens is 1. The molecule has 1 aromatic carbocycles. The molecule has 0 saturated carbocycles. The molecule has 0 bridgehead atoms. The molecule has 100 valence electrons. The Kier molecular flexibility index (Phi) is 3.11. The van der Waals surface area contributed by atoms with Gasteiger partial charge in [-0.1, -0.05) is 29.0 Å². The molecule has 0 aliphatic carbocycles. The molecule has 1 amide bonds. The normalized spacial score (nSPS) is 15.6. The van der Waals surface area contributed by atoms with Gasteiger partial charge in [0.15, 0.2) is 5.13 Å². The van der Waals surface area contributed by atoms with Crippen molar-refractivity contribution in [3.63, 3.8) is 0 Å². The first-order chi connectivity index (χ1) is 9.10. The van der Waals surface area contributed by atoms with Crippen LogP contribution in [0.2, 0.25) is 5.02 Å². The van der Waals surface area contributed by atoms with Crippen molar-refractivity contribution < 1.29 is 4.79 Å². The monoisotopic (exact) mass is 295 g/mol. The summed E-state index contributed by atoms with van der Waals surface area (Å²) < 4.78 is 1.03. The predicted octanol–water partition coefficient (Wildman–Crippen LogP) is 2.44. The van der Waals surface area contributed by atoms with Gasteiger partial charge in [-0.25, -0.2) is 4.98 Å². The van der Waals surface area contributed by atoms with Crippen LogP contribution in [0, 0.1) is 12.8 Å². The lowest BCUT2D eigenvalue weighted by molar-refractivity contribution is -0.125.